The van der Waals surface area contributed by atoms with Gasteiger partial charge in [-0.05, 0) is 55.3 Å². The van der Waals surface area contributed by atoms with Crippen LogP contribution in [0.2, 0.25) is 5.02 Å². The number of ether oxygens (including phenoxy) is 1. The van der Waals surface area contributed by atoms with Crippen molar-refractivity contribution in [2.45, 2.75) is 19.4 Å². The summed E-state index contributed by atoms with van der Waals surface area (Å²) in [7, 11) is 1.53. The zero-order valence-electron chi connectivity index (χ0n) is 19.1. The molecule has 1 aromatic heterocycles. The molecule has 1 unspecified atom stereocenters. The number of carbonyl (C=O) groups is 2. The second-order valence-corrected chi connectivity index (χ2v) is 9.48. The van der Waals surface area contributed by atoms with Gasteiger partial charge in [0.15, 0.2) is 5.17 Å². The van der Waals surface area contributed by atoms with E-state index in [1.54, 1.807) is 36.4 Å². The number of rotatable bonds is 5. The summed E-state index contributed by atoms with van der Waals surface area (Å²) in [5, 5.41) is 0.756. The van der Waals surface area contributed by atoms with Crippen molar-refractivity contribution < 1.29 is 18.7 Å². The zero-order chi connectivity index (χ0) is 24.5. The molecule has 0 radical (unpaired) electrons. The van der Waals surface area contributed by atoms with Crippen LogP contribution >= 0.6 is 23.4 Å². The summed E-state index contributed by atoms with van der Waals surface area (Å²) in [6.45, 7) is 2.04. The highest BCUT2D eigenvalue weighted by Crippen LogP contribution is 2.36. The maximum atomic E-state index is 13.3. The highest BCUT2D eigenvalue weighted by Gasteiger charge is 2.35. The van der Waals surface area contributed by atoms with Crippen molar-refractivity contribution in [3.8, 4) is 5.75 Å². The number of thioether (sulfide) groups is 1. The van der Waals surface area contributed by atoms with Gasteiger partial charge in [0.25, 0.3) is 5.91 Å². The summed E-state index contributed by atoms with van der Waals surface area (Å²) in [6, 6.07) is 16.5. The van der Waals surface area contributed by atoms with E-state index in [9.17, 15) is 9.59 Å². The van der Waals surface area contributed by atoms with E-state index in [-0.39, 0.29) is 29.3 Å². The number of para-hydroxylation sites is 1. The van der Waals surface area contributed by atoms with Gasteiger partial charge in [-0.25, -0.2) is 4.99 Å². The number of hydrogen-bond donors (Lipinski definition) is 0. The average Bonchev–Trinajstić information content (AvgIpc) is 3.55. The molecule has 3 aromatic rings. The van der Waals surface area contributed by atoms with Crippen molar-refractivity contribution in [3.63, 3.8) is 0 Å². The predicted molar refractivity (Wildman–Crippen MR) is 139 cm³/mol. The largest absolute Gasteiger partial charge is 0.495 e. The molecule has 9 heteroatoms. The van der Waals surface area contributed by atoms with Crippen molar-refractivity contribution in [1.82, 2.24) is 0 Å². The van der Waals surface area contributed by atoms with Crippen molar-refractivity contribution in [2.75, 3.05) is 22.7 Å². The molecule has 2 aliphatic rings. The Bertz CT molecular complexity index is 1350. The molecule has 0 aliphatic carbocycles. The van der Waals surface area contributed by atoms with Gasteiger partial charge < -0.3 is 14.1 Å². The minimum Gasteiger partial charge on any atom is -0.495 e. The highest BCUT2D eigenvalue weighted by molar-refractivity contribution is 8.14. The van der Waals surface area contributed by atoms with Gasteiger partial charge in [-0.2, -0.15) is 0 Å². The zero-order valence-corrected chi connectivity index (χ0v) is 20.7. The van der Waals surface area contributed by atoms with Crippen molar-refractivity contribution >= 4 is 57.8 Å². The van der Waals surface area contributed by atoms with Gasteiger partial charge in [-0.1, -0.05) is 41.6 Å². The van der Waals surface area contributed by atoms with Gasteiger partial charge in [0, 0.05) is 17.8 Å². The molecule has 1 atom stereocenters. The first kappa shape index (κ1) is 23.3. The number of hydrogen-bond acceptors (Lipinski definition) is 6. The molecule has 0 spiro atoms. The number of fused-ring (bicyclic) bond motifs is 1. The lowest BCUT2D eigenvalue weighted by Crippen LogP contribution is -2.38. The number of methoxy groups -OCH3 is 1. The van der Waals surface area contributed by atoms with E-state index in [2.05, 4.69) is 4.99 Å². The Kier molecular flexibility index (Phi) is 6.40. The number of halogens is 1. The average molecular weight is 508 g/mol. The van der Waals surface area contributed by atoms with Crippen LogP contribution in [0.1, 0.15) is 18.2 Å². The first-order valence-corrected chi connectivity index (χ1v) is 12.4. The quantitative estimate of drug-likeness (QED) is 0.432. The van der Waals surface area contributed by atoms with Crippen molar-refractivity contribution in [3.05, 3.63) is 82.9 Å². The molecule has 35 heavy (non-hydrogen) atoms. The number of furan rings is 1. The fourth-order valence-corrected chi connectivity index (χ4v) is 5.39. The molecule has 3 heterocycles. The molecule has 0 saturated heterocycles. The Morgan fingerprint density at radius 3 is 2.83 bits per heavy atom. The summed E-state index contributed by atoms with van der Waals surface area (Å²) in [4.78, 5) is 34.4. The van der Waals surface area contributed by atoms with E-state index in [4.69, 9.17) is 20.8 Å². The van der Waals surface area contributed by atoms with Crippen LogP contribution in [0.3, 0.4) is 0 Å². The Morgan fingerprint density at radius 1 is 1.26 bits per heavy atom. The van der Waals surface area contributed by atoms with Crippen LogP contribution in [-0.2, 0) is 16.0 Å². The fraction of sp³-hybridized carbons (Fsp3) is 0.192. The van der Waals surface area contributed by atoms with Crippen LogP contribution in [0.4, 0.5) is 11.4 Å². The van der Waals surface area contributed by atoms with Crippen LogP contribution in [0.25, 0.3) is 6.08 Å². The minimum absolute atomic E-state index is 0.0428. The molecule has 2 amide bonds. The van der Waals surface area contributed by atoms with Crippen LogP contribution in [0.15, 0.2) is 76.0 Å². The van der Waals surface area contributed by atoms with E-state index in [0.29, 0.717) is 27.4 Å². The molecule has 7 nitrogen and oxygen atoms in total. The Hall–Kier alpha value is -3.49. The predicted octanol–water partition coefficient (Wildman–Crippen LogP) is 5.40. The van der Waals surface area contributed by atoms with E-state index >= 15 is 0 Å². The van der Waals surface area contributed by atoms with Crippen LogP contribution in [-0.4, -0.2) is 35.9 Å². The van der Waals surface area contributed by atoms with Gasteiger partial charge >= 0.3 is 0 Å². The van der Waals surface area contributed by atoms with Crippen LogP contribution < -0.4 is 14.5 Å². The number of anilines is 2. The third-order valence-corrected chi connectivity index (χ3v) is 7.06. The SMILES string of the molecule is COc1ccc(N2C(=O)C(=Cc3ccco3)N=C2SCC(=O)N2c3ccccc3CC2C)cc1Cl. The van der Waals surface area contributed by atoms with Gasteiger partial charge in [-0.3, -0.25) is 14.5 Å². The van der Waals surface area contributed by atoms with Gasteiger partial charge in [-0.15, -0.1) is 0 Å². The Labute approximate surface area is 212 Å². The molecule has 2 aliphatic heterocycles. The molecular formula is C26H22ClN3O4S. The number of amidine groups is 1. The van der Waals surface area contributed by atoms with E-state index in [0.717, 1.165) is 17.7 Å². The maximum Gasteiger partial charge on any atom is 0.283 e. The lowest BCUT2D eigenvalue weighted by atomic mass is 10.1. The van der Waals surface area contributed by atoms with Crippen molar-refractivity contribution in [2.24, 2.45) is 4.99 Å². The lowest BCUT2D eigenvalue weighted by Gasteiger charge is -2.23. The number of carbonyl (C=O) groups excluding carboxylic acids is 2. The second kappa shape index (κ2) is 9.64. The Morgan fingerprint density at radius 2 is 2.09 bits per heavy atom. The first-order chi connectivity index (χ1) is 17.0. The van der Waals surface area contributed by atoms with E-state index in [1.807, 2.05) is 36.1 Å². The molecule has 0 N–H and O–H groups in total. The third-order valence-electron chi connectivity index (χ3n) is 5.85. The molecule has 0 saturated carbocycles. The summed E-state index contributed by atoms with van der Waals surface area (Å²) in [5.41, 5.74) is 2.83. The van der Waals surface area contributed by atoms with Crippen LogP contribution in [0, 0.1) is 0 Å². The lowest BCUT2D eigenvalue weighted by molar-refractivity contribution is -0.116. The second-order valence-electron chi connectivity index (χ2n) is 8.13. The first-order valence-electron chi connectivity index (χ1n) is 11.0. The Balaban J connectivity index is 1.43. The van der Waals surface area contributed by atoms with E-state index in [1.165, 1.54) is 30.0 Å². The molecular weight excluding hydrogens is 486 g/mol. The van der Waals surface area contributed by atoms with Gasteiger partial charge in [0.2, 0.25) is 5.91 Å². The molecule has 0 bridgehead atoms. The summed E-state index contributed by atoms with van der Waals surface area (Å²) in [6.07, 6.45) is 3.92. The summed E-state index contributed by atoms with van der Waals surface area (Å²) < 4.78 is 10.6. The van der Waals surface area contributed by atoms with E-state index < -0.39 is 0 Å². The number of aliphatic imine (C=N–C) groups is 1. The highest BCUT2D eigenvalue weighted by atomic mass is 35.5. The minimum atomic E-state index is -0.336. The summed E-state index contributed by atoms with van der Waals surface area (Å²) in [5.74, 6) is 0.751. The molecule has 178 valence electrons. The smallest absolute Gasteiger partial charge is 0.283 e. The standard InChI is InChI=1S/C26H22ClN3O4S/c1-16-12-17-6-3-4-8-22(17)29(16)24(31)15-35-26-28-21(14-19-7-5-11-34-19)25(32)30(26)18-9-10-23(33-2)20(27)13-18/h3-11,13-14,16H,12,15H2,1-2H3. The normalized spacial score (nSPS) is 18.3. The topological polar surface area (TPSA) is 75.3 Å². The van der Waals surface area contributed by atoms with Gasteiger partial charge in [0.05, 0.1) is 29.8 Å². The van der Waals surface area contributed by atoms with Gasteiger partial charge in [0.1, 0.15) is 17.2 Å². The van der Waals surface area contributed by atoms with Crippen molar-refractivity contribution in [1.29, 1.82) is 0 Å². The monoisotopic (exact) mass is 507 g/mol. The maximum absolute atomic E-state index is 13.3. The molecule has 5 rings (SSSR count). The summed E-state index contributed by atoms with van der Waals surface area (Å²) >= 11 is 7.55. The number of nitrogens with zero attached hydrogens (tertiary/aromatic N) is 3. The number of amides is 2. The van der Waals surface area contributed by atoms with Crippen LogP contribution in [0.5, 0.6) is 5.75 Å². The fourth-order valence-electron chi connectivity index (χ4n) is 4.26. The number of benzene rings is 2. The molecule has 2 aromatic carbocycles. The third kappa shape index (κ3) is 4.47. The molecule has 0 fully saturated rings.